The van der Waals surface area contributed by atoms with Gasteiger partial charge in [0.15, 0.2) is 0 Å². The van der Waals surface area contributed by atoms with E-state index in [1.807, 2.05) is 20.9 Å². The molecule has 1 aromatic rings. The zero-order chi connectivity index (χ0) is 12.4. The fourth-order valence-electron chi connectivity index (χ4n) is 2.30. The predicted molar refractivity (Wildman–Crippen MR) is 66.9 cm³/mol. The number of rotatable bonds is 3. The Kier molecular flexibility index (Phi) is 3.47. The van der Waals surface area contributed by atoms with Crippen LogP contribution in [0, 0.1) is 19.8 Å². The summed E-state index contributed by atoms with van der Waals surface area (Å²) in [7, 11) is 1.89. The van der Waals surface area contributed by atoms with E-state index < -0.39 is 0 Å². The summed E-state index contributed by atoms with van der Waals surface area (Å²) in [6, 6.07) is 0. The molecule has 2 rings (SSSR count). The van der Waals surface area contributed by atoms with Gasteiger partial charge in [0.25, 0.3) is 0 Å². The van der Waals surface area contributed by atoms with E-state index in [1.54, 1.807) is 4.68 Å². The summed E-state index contributed by atoms with van der Waals surface area (Å²) >= 11 is 0. The maximum Gasteiger partial charge on any atom is 0.224 e. The maximum absolute atomic E-state index is 11.9. The standard InChI is InChI=1S/C12H20N4O/c1-8-12(9(2)16(3)15-8)14-11(17)6-10-4-5-13-7-10/h10,13H,4-7H2,1-3H3,(H,14,17). The molecule has 1 aliphatic heterocycles. The summed E-state index contributed by atoms with van der Waals surface area (Å²) in [5.41, 5.74) is 2.74. The highest BCUT2D eigenvalue weighted by molar-refractivity contribution is 5.92. The second-order valence-corrected chi connectivity index (χ2v) is 4.78. The highest BCUT2D eigenvalue weighted by atomic mass is 16.1. The third kappa shape index (κ3) is 2.66. The van der Waals surface area contributed by atoms with E-state index in [9.17, 15) is 4.79 Å². The van der Waals surface area contributed by atoms with Crippen LogP contribution in [-0.4, -0.2) is 28.8 Å². The van der Waals surface area contributed by atoms with E-state index in [-0.39, 0.29) is 5.91 Å². The topological polar surface area (TPSA) is 59.0 Å². The Labute approximate surface area is 102 Å². The predicted octanol–water partition coefficient (Wildman–Crippen LogP) is 0.975. The van der Waals surface area contributed by atoms with Crippen molar-refractivity contribution in [2.24, 2.45) is 13.0 Å². The molecule has 0 aliphatic carbocycles. The van der Waals surface area contributed by atoms with Crippen LogP contribution in [-0.2, 0) is 11.8 Å². The number of aryl methyl sites for hydroxylation is 2. The van der Waals surface area contributed by atoms with Gasteiger partial charge in [-0.05, 0) is 39.3 Å². The number of aromatic nitrogens is 2. The van der Waals surface area contributed by atoms with Crippen molar-refractivity contribution >= 4 is 11.6 Å². The first-order valence-corrected chi connectivity index (χ1v) is 6.08. The van der Waals surface area contributed by atoms with Crippen LogP contribution < -0.4 is 10.6 Å². The number of amides is 1. The number of carbonyl (C=O) groups is 1. The molecule has 1 saturated heterocycles. The van der Waals surface area contributed by atoms with E-state index in [0.717, 1.165) is 36.6 Å². The van der Waals surface area contributed by atoms with Gasteiger partial charge < -0.3 is 10.6 Å². The highest BCUT2D eigenvalue weighted by Crippen LogP contribution is 2.20. The molecule has 1 aliphatic rings. The Bertz CT molecular complexity index is 418. The van der Waals surface area contributed by atoms with Crippen molar-refractivity contribution in [3.8, 4) is 0 Å². The first-order chi connectivity index (χ1) is 8.08. The Balaban J connectivity index is 1.97. The molecule has 1 aromatic heterocycles. The normalized spacial score (nSPS) is 19.6. The molecular weight excluding hydrogens is 216 g/mol. The third-order valence-electron chi connectivity index (χ3n) is 3.41. The minimum atomic E-state index is 0.0953. The molecule has 2 heterocycles. The minimum absolute atomic E-state index is 0.0953. The van der Waals surface area contributed by atoms with Crippen LogP contribution in [0.4, 0.5) is 5.69 Å². The zero-order valence-corrected chi connectivity index (χ0v) is 10.7. The summed E-state index contributed by atoms with van der Waals surface area (Å²) in [5, 5.41) is 10.5. The van der Waals surface area contributed by atoms with Gasteiger partial charge in [-0.1, -0.05) is 0 Å². The summed E-state index contributed by atoms with van der Waals surface area (Å²) in [6.45, 7) is 5.87. The maximum atomic E-state index is 11.9. The van der Waals surface area contributed by atoms with Crippen LogP contribution >= 0.6 is 0 Å². The van der Waals surface area contributed by atoms with Gasteiger partial charge in [0.2, 0.25) is 5.91 Å². The van der Waals surface area contributed by atoms with Gasteiger partial charge >= 0.3 is 0 Å². The molecule has 94 valence electrons. The van der Waals surface area contributed by atoms with Crippen LogP contribution in [0.1, 0.15) is 24.2 Å². The van der Waals surface area contributed by atoms with Gasteiger partial charge in [0, 0.05) is 13.5 Å². The fourth-order valence-corrected chi connectivity index (χ4v) is 2.30. The van der Waals surface area contributed by atoms with E-state index in [2.05, 4.69) is 15.7 Å². The molecule has 1 amide bonds. The monoisotopic (exact) mass is 236 g/mol. The van der Waals surface area contributed by atoms with Crippen molar-refractivity contribution in [1.82, 2.24) is 15.1 Å². The molecule has 0 radical (unpaired) electrons. The molecule has 1 unspecified atom stereocenters. The molecule has 0 spiro atoms. The fraction of sp³-hybridized carbons (Fsp3) is 0.667. The lowest BCUT2D eigenvalue weighted by molar-refractivity contribution is -0.117. The molecule has 0 bridgehead atoms. The first-order valence-electron chi connectivity index (χ1n) is 6.08. The van der Waals surface area contributed by atoms with Gasteiger partial charge in [-0.15, -0.1) is 0 Å². The summed E-state index contributed by atoms with van der Waals surface area (Å²) in [5.74, 6) is 0.574. The lowest BCUT2D eigenvalue weighted by Gasteiger charge is -2.09. The number of nitrogens with one attached hydrogen (secondary N) is 2. The second-order valence-electron chi connectivity index (χ2n) is 4.78. The van der Waals surface area contributed by atoms with Crippen LogP contribution in [0.5, 0.6) is 0 Å². The number of carbonyl (C=O) groups excluding carboxylic acids is 1. The Morgan fingerprint density at radius 2 is 2.35 bits per heavy atom. The van der Waals surface area contributed by atoms with Crippen molar-refractivity contribution in [1.29, 1.82) is 0 Å². The lowest BCUT2D eigenvalue weighted by atomic mass is 10.0. The number of hydrogen-bond acceptors (Lipinski definition) is 3. The van der Waals surface area contributed by atoms with Gasteiger partial charge in [-0.3, -0.25) is 9.48 Å². The average Bonchev–Trinajstić information content (AvgIpc) is 2.83. The number of anilines is 1. The first kappa shape index (κ1) is 12.1. The van der Waals surface area contributed by atoms with Crippen molar-refractivity contribution in [2.75, 3.05) is 18.4 Å². The Morgan fingerprint density at radius 3 is 2.88 bits per heavy atom. The SMILES string of the molecule is Cc1nn(C)c(C)c1NC(=O)CC1CCNC1. The summed E-state index contributed by atoms with van der Waals surface area (Å²) in [6.07, 6.45) is 1.69. The van der Waals surface area contributed by atoms with E-state index >= 15 is 0 Å². The van der Waals surface area contributed by atoms with E-state index in [0.29, 0.717) is 12.3 Å². The quantitative estimate of drug-likeness (QED) is 0.822. The van der Waals surface area contributed by atoms with Gasteiger partial charge in [-0.2, -0.15) is 5.10 Å². The zero-order valence-electron chi connectivity index (χ0n) is 10.7. The molecule has 5 heteroatoms. The number of hydrogen-bond donors (Lipinski definition) is 2. The molecule has 5 nitrogen and oxygen atoms in total. The molecule has 1 atom stereocenters. The lowest BCUT2D eigenvalue weighted by Crippen LogP contribution is -2.19. The average molecular weight is 236 g/mol. The molecule has 2 N–H and O–H groups in total. The van der Waals surface area contributed by atoms with Crippen molar-refractivity contribution in [3.63, 3.8) is 0 Å². The summed E-state index contributed by atoms with van der Waals surface area (Å²) < 4.78 is 1.79. The molecular formula is C12H20N4O. The Morgan fingerprint density at radius 1 is 1.59 bits per heavy atom. The summed E-state index contributed by atoms with van der Waals surface area (Å²) in [4.78, 5) is 11.9. The van der Waals surface area contributed by atoms with Crippen molar-refractivity contribution in [2.45, 2.75) is 26.7 Å². The van der Waals surface area contributed by atoms with Gasteiger partial charge in [0.1, 0.15) is 0 Å². The molecule has 17 heavy (non-hydrogen) atoms. The van der Waals surface area contributed by atoms with E-state index in [4.69, 9.17) is 0 Å². The Hall–Kier alpha value is -1.36. The van der Waals surface area contributed by atoms with Crippen molar-refractivity contribution < 1.29 is 4.79 Å². The largest absolute Gasteiger partial charge is 0.323 e. The second kappa shape index (κ2) is 4.87. The van der Waals surface area contributed by atoms with Crippen LogP contribution in [0.25, 0.3) is 0 Å². The van der Waals surface area contributed by atoms with Crippen molar-refractivity contribution in [3.05, 3.63) is 11.4 Å². The smallest absolute Gasteiger partial charge is 0.224 e. The van der Waals surface area contributed by atoms with Gasteiger partial charge in [0.05, 0.1) is 17.1 Å². The third-order valence-corrected chi connectivity index (χ3v) is 3.41. The molecule has 0 aromatic carbocycles. The van der Waals surface area contributed by atoms with E-state index in [1.165, 1.54) is 0 Å². The van der Waals surface area contributed by atoms with Gasteiger partial charge in [-0.25, -0.2) is 0 Å². The van der Waals surface area contributed by atoms with Crippen LogP contribution in [0.15, 0.2) is 0 Å². The molecule has 1 fully saturated rings. The number of nitrogens with zero attached hydrogens (tertiary/aromatic N) is 2. The molecule has 0 saturated carbocycles. The van der Waals surface area contributed by atoms with Crippen LogP contribution in [0.3, 0.4) is 0 Å². The highest BCUT2D eigenvalue weighted by Gasteiger charge is 2.19. The van der Waals surface area contributed by atoms with Crippen LogP contribution in [0.2, 0.25) is 0 Å². The minimum Gasteiger partial charge on any atom is -0.323 e.